The summed E-state index contributed by atoms with van der Waals surface area (Å²) >= 11 is 0. The largest absolute Gasteiger partial charge is 1.00 e. The molecule has 0 aromatic rings. The Bertz CT molecular complexity index is 447. The van der Waals surface area contributed by atoms with E-state index < -0.39 is 39.3 Å². The van der Waals surface area contributed by atoms with Crippen molar-refractivity contribution in [2.24, 2.45) is 0 Å². The fourth-order valence-electron chi connectivity index (χ4n) is 0.799. The van der Waals surface area contributed by atoms with Crippen LogP contribution in [0.4, 0.5) is 39.5 Å². The van der Waals surface area contributed by atoms with Crippen LogP contribution in [0.1, 0.15) is 6.92 Å². The molecule has 0 N–H and O–H groups in total. The molecule has 0 radical (unpaired) electrons. The Hall–Kier alpha value is 0.280. The zero-order chi connectivity index (χ0) is 16.1. The minimum absolute atomic E-state index is 0. The predicted molar refractivity (Wildman–Crippen MR) is 40.1 cm³/mol. The third-order valence-corrected chi connectivity index (χ3v) is 2.88. The fourth-order valence-corrected chi connectivity index (χ4v) is 1.24. The molecule has 0 fully saturated rings. The normalized spacial score (nSPS) is 16.6. The van der Waals surface area contributed by atoms with Gasteiger partial charge in [-0.25, -0.2) is 12.8 Å². The van der Waals surface area contributed by atoms with Crippen molar-refractivity contribution in [2.75, 3.05) is 0 Å². The summed E-state index contributed by atoms with van der Waals surface area (Å²) in [5, 5.41) is -7.05. The van der Waals surface area contributed by atoms with E-state index in [2.05, 4.69) is 0 Å². The Morgan fingerprint density at radius 3 is 1.40 bits per heavy atom. The molecule has 20 heavy (non-hydrogen) atoms. The van der Waals surface area contributed by atoms with Crippen LogP contribution in [0.3, 0.4) is 0 Å². The molecule has 3 nitrogen and oxygen atoms in total. The topological polar surface area (TPSA) is 57.2 Å². The quantitative estimate of drug-likeness (QED) is 0.378. The molecule has 0 rings (SSSR count). The first-order valence-corrected chi connectivity index (χ1v) is 5.46. The van der Waals surface area contributed by atoms with Crippen molar-refractivity contribution in [3.05, 3.63) is 0 Å². The molecule has 0 aromatic heterocycles. The minimum atomic E-state index is -7.40. The summed E-state index contributed by atoms with van der Waals surface area (Å²) in [6.45, 7) is -0.339. The monoisotopic (exact) mass is 350 g/mol. The van der Waals surface area contributed by atoms with E-state index in [4.69, 9.17) is 0 Å². The standard InChI is InChI=1S/C6H5F9O3S.Na/c1-2(7)3(8,9)4(10,11)5(12,13)6(14,15)19(16,17)18;/h2H,1H3,(H,16,17,18);/q;+1/p-1. The van der Waals surface area contributed by atoms with Gasteiger partial charge in [-0.15, -0.1) is 0 Å². The van der Waals surface area contributed by atoms with Crippen molar-refractivity contribution >= 4 is 10.1 Å². The van der Waals surface area contributed by atoms with Gasteiger partial charge in [-0.1, -0.05) is 0 Å². The molecule has 0 bridgehead atoms. The van der Waals surface area contributed by atoms with Gasteiger partial charge in [-0.05, 0) is 6.92 Å². The summed E-state index contributed by atoms with van der Waals surface area (Å²) in [4.78, 5) is 0. The number of alkyl halides is 9. The SMILES string of the molecule is CC(F)C(F)(F)C(F)(F)C(F)(F)C(F)(F)S(=O)(=O)[O-].[Na+]. The van der Waals surface area contributed by atoms with Gasteiger partial charge in [0.2, 0.25) is 0 Å². The van der Waals surface area contributed by atoms with Crippen LogP contribution in [-0.4, -0.2) is 42.2 Å². The van der Waals surface area contributed by atoms with Crippen LogP contribution in [-0.2, 0) is 10.1 Å². The summed E-state index contributed by atoms with van der Waals surface area (Å²) in [5.74, 6) is -20.8. The number of halogens is 9. The molecule has 1 unspecified atom stereocenters. The van der Waals surface area contributed by atoms with Crippen molar-refractivity contribution in [3.8, 4) is 0 Å². The molecule has 0 aliphatic heterocycles. The summed E-state index contributed by atoms with van der Waals surface area (Å²) in [5.41, 5.74) is 0. The Kier molecular flexibility index (Phi) is 6.56. The van der Waals surface area contributed by atoms with Gasteiger partial charge in [-0.2, -0.15) is 35.1 Å². The van der Waals surface area contributed by atoms with Gasteiger partial charge in [0, 0.05) is 0 Å². The molecule has 0 spiro atoms. The predicted octanol–water partition coefficient (Wildman–Crippen LogP) is -0.608. The van der Waals surface area contributed by atoms with Crippen molar-refractivity contribution < 1.29 is 82.0 Å². The van der Waals surface area contributed by atoms with E-state index in [1.165, 1.54) is 0 Å². The minimum Gasteiger partial charge on any atom is -0.743 e. The first-order valence-electron chi connectivity index (χ1n) is 4.05. The van der Waals surface area contributed by atoms with Crippen LogP contribution in [0.25, 0.3) is 0 Å². The van der Waals surface area contributed by atoms with E-state index in [1.807, 2.05) is 0 Å². The number of rotatable bonds is 5. The van der Waals surface area contributed by atoms with Crippen LogP contribution in [0.15, 0.2) is 0 Å². The second kappa shape index (κ2) is 5.82. The Morgan fingerprint density at radius 1 is 0.900 bits per heavy atom. The fraction of sp³-hybridized carbons (Fsp3) is 1.00. The van der Waals surface area contributed by atoms with Gasteiger partial charge in [0.25, 0.3) is 0 Å². The molecule has 0 saturated heterocycles. The first kappa shape index (κ1) is 22.6. The van der Waals surface area contributed by atoms with Crippen LogP contribution in [0, 0.1) is 0 Å². The van der Waals surface area contributed by atoms with Crippen molar-refractivity contribution in [1.82, 2.24) is 0 Å². The Morgan fingerprint density at radius 2 is 1.20 bits per heavy atom. The third-order valence-electron chi connectivity index (χ3n) is 1.99. The molecule has 0 aliphatic rings. The van der Waals surface area contributed by atoms with E-state index >= 15 is 0 Å². The summed E-state index contributed by atoms with van der Waals surface area (Å²) in [7, 11) is -7.40. The van der Waals surface area contributed by atoms with Crippen molar-refractivity contribution in [3.63, 3.8) is 0 Å². The molecular formula is C6H4F9NaO3S. The summed E-state index contributed by atoms with van der Waals surface area (Å²) in [6.07, 6.45) is -4.02. The van der Waals surface area contributed by atoms with Gasteiger partial charge in [0.1, 0.15) is 0 Å². The summed E-state index contributed by atoms with van der Waals surface area (Å²) in [6, 6.07) is 0. The van der Waals surface area contributed by atoms with Gasteiger partial charge in [-0.3, -0.25) is 0 Å². The molecular weight excluding hydrogens is 346 g/mol. The molecule has 116 valence electrons. The molecule has 0 amide bonds. The zero-order valence-corrected chi connectivity index (χ0v) is 12.4. The van der Waals surface area contributed by atoms with E-state index in [0.717, 1.165) is 0 Å². The van der Waals surface area contributed by atoms with E-state index in [9.17, 15) is 52.5 Å². The first-order chi connectivity index (χ1) is 7.94. The van der Waals surface area contributed by atoms with Gasteiger partial charge in [0.05, 0.1) is 0 Å². The van der Waals surface area contributed by atoms with E-state index in [0.29, 0.717) is 0 Å². The van der Waals surface area contributed by atoms with Crippen LogP contribution < -0.4 is 29.6 Å². The maximum Gasteiger partial charge on any atom is 1.00 e. The molecule has 0 aliphatic carbocycles. The summed E-state index contributed by atoms with van der Waals surface area (Å²) < 4.78 is 142. The third kappa shape index (κ3) is 3.05. The molecule has 0 saturated carbocycles. The van der Waals surface area contributed by atoms with Gasteiger partial charge < -0.3 is 4.55 Å². The second-order valence-corrected chi connectivity index (χ2v) is 4.78. The molecule has 1 atom stereocenters. The van der Waals surface area contributed by atoms with Crippen LogP contribution in [0.5, 0.6) is 0 Å². The molecule has 0 aromatic carbocycles. The Balaban J connectivity index is 0. The number of hydrogen-bond acceptors (Lipinski definition) is 3. The average molecular weight is 350 g/mol. The van der Waals surface area contributed by atoms with E-state index in [-0.39, 0.29) is 36.5 Å². The molecule has 14 heteroatoms. The molecule has 0 heterocycles. The average Bonchev–Trinajstić information content (AvgIpc) is 2.14. The van der Waals surface area contributed by atoms with E-state index in [1.54, 1.807) is 0 Å². The maximum absolute atomic E-state index is 12.6. The second-order valence-electron chi connectivity index (χ2n) is 3.36. The van der Waals surface area contributed by atoms with Crippen LogP contribution >= 0.6 is 0 Å². The van der Waals surface area contributed by atoms with Crippen LogP contribution in [0.2, 0.25) is 0 Å². The smallest absolute Gasteiger partial charge is 0.743 e. The van der Waals surface area contributed by atoms with Gasteiger partial charge >= 0.3 is 52.6 Å². The Labute approximate surface area is 128 Å². The van der Waals surface area contributed by atoms with Crippen molar-refractivity contribution in [2.45, 2.75) is 36.1 Å². The van der Waals surface area contributed by atoms with Gasteiger partial charge in [0.15, 0.2) is 16.3 Å². The zero-order valence-electron chi connectivity index (χ0n) is 9.61. The van der Waals surface area contributed by atoms with Crippen molar-refractivity contribution in [1.29, 1.82) is 0 Å². The number of hydrogen-bond donors (Lipinski definition) is 0. The maximum atomic E-state index is 12.6.